The van der Waals surface area contributed by atoms with Crippen LogP contribution in [0, 0.1) is 6.92 Å². The molecule has 0 radical (unpaired) electrons. The van der Waals surface area contributed by atoms with Gasteiger partial charge in [-0.25, -0.2) is 5.43 Å². The summed E-state index contributed by atoms with van der Waals surface area (Å²) in [7, 11) is 0. The van der Waals surface area contributed by atoms with Crippen LogP contribution in [0.5, 0.6) is 5.75 Å². The van der Waals surface area contributed by atoms with E-state index in [9.17, 15) is 9.90 Å². The van der Waals surface area contributed by atoms with Gasteiger partial charge in [-0.3, -0.25) is 4.79 Å². The normalized spacial score (nSPS) is 10.6. The summed E-state index contributed by atoms with van der Waals surface area (Å²) >= 11 is 0. The monoisotopic (exact) mass is 254 g/mol. The Hall–Kier alpha value is -2.62. The zero-order valence-electron chi connectivity index (χ0n) is 10.5. The molecule has 0 heterocycles. The van der Waals surface area contributed by atoms with Gasteiger partial charge in [0.1, 0.15) is 5.75 Å². The molecule has 0 aromatic heterocycles. The van der Waals surface area contributed by atoms with Gasteiger partial charge in [-0.05, 0) is 36.8 Å². The van der Waals surface area contributed by atoms with E-state index in [4.69, 9.17) is 0 Å². The standard InChI is InChI=1S/C15H14N2O2/c1-11-4-2-6-13(8-11)15(19)17-16-10-12-5-3-7-14(18)9-12/h2-10,18H,1H3,(H,17,19)/b16-10-. The van der Waals surface area contributed by atoms with Gasteiger partial charge in [0.05, 0.1) is 6.21 Å². The quantitative estimate of drug-likeness (QED) is 0.653. The predicted molar refractivity (Wildman–Crippen MR) is 74.3 cm³/mol. The topological polar surface area (TPSA) is 61.7 Å². The summed E-state index contributed by atoms with van der Waals surface area (Å²) in [5.41, 5.74) is 4.74. The largest absolute Gasteiger partial charge is 0.508 e. The molecule has 0 saturated carbocycles. The molecule has 4 nitrogen and oxygen atoms in total. The number of hydrogen-bond donors (Lipinski definition) is 2. The number of nitrogens with one attached hydrogen (secondary N) is 1. The Bertz CT molecular complexity index is 621. The maximum atomic E-state index is 11.8. The number of amides is 1. The average Bonchev–Trinajstić information content (AvgIpc) is 2.38. The third-order valence-corrected chi connectivity index (χ3v) is 2.53. The van der Waals surface area contributed by atoms with Crippen molar-refractivity contribution < 1.29 is 9.90 Å². The van der Waals surface area contributed by atoms with Crippen LogP contribution in [-0.2, 0) is 0 Å². The van der Waals surface area contributed by atoms with E-state index in [1.807, 2.05) is 19.1 Å². The summed E-state index contributed by atoms with van der Waals surface area (Å²) in [6.07, 6.45) is 1.48. The Kier molecular flexibility index (Phi) is 3.93. The van der Waals surface area contributed by atoms with Crippen LogP contribution in [0.4, 0.5) is 0 Å². The van der Waals surface area contributed by atoms with Gasteiger partial charge in [-0.1, -0.05) is 29.8 Å². The van der Waals surface area contributed by atoms with E-state index in [0.717, 1.165) is 5.56 Å². The lowest BCUT2D eigenvalue weighted by molar-refractivity contribution is 0.0955. The van der Waals surface area contributed by atoms with E-state index in [0.29, 0.717) is 11.1 Å². The van der Waals surface area contributed by atoms with Crippen LogP contribution < -0.4 is 5.43 Å². The third kappa shape index (κ3) is 3.67. The fraction of sp³-hybridized carbons (Fsp3) is 0.0667. The fourth-order valence-electron chi connectivity index (χ4n) is 1.62. The minimum Gasteiger partial charge on any atom is -0.508 e. The molecular weight excluding hydrogens is 240 g/mol. The van der Waals surface area contributed by atoms with Gasteiger partial charge < -0.3 is 5.11 Å². The number of aromatic hydroxyl groups is 1. The van der Waals surface area contributed by atoms with Crippen molar-refractivity contribution in [1.82, 2.24) is 5.43 Å². The second-order valence-corrected chi connectivity index (χ2v) is 4.16. The summed E-state index contributed by atoms with van der Waals surface area (Å²) in [5, 5.41) is 13.1. The van der Waals surface area contributed by atoms with Crippen molar-refractivity contribution in [3.05, 3.63) is 65.2 Å². The second-order valence-electron chi connectivity index (χ2n) is 4.16. The molecule has 2 rings (SSSR count). The smallest absolute Gasteiger partial charge is 0.271 e. The van der Waals surface area contributed by atoms with Crippen LogP contribution in [0.15, 0.2) is 53.6 Å². The zero-order chi connectivity index (χ0) is 13.7. The second kappa shape index (κ2) is 5.82. The summed E-state index contributed by atoms with van der Waals surface area (Å²) in [5.74, 6) is -0.103. The number of phenolic OH excluding ortho intramolecular Hbond substituents is 1. The molecule has 0 aliphatic heterocycles. The predicted octanol–water partition coefficient (Wildman–Crippen LogP) is 2.46. The summed E-state index contributed by atoms with van der Waals surface area (Å²) in [6.45, 7) is 1.92. The number of carbonyl (C=O) groups is 1. The van der Waals surface area contributed by atoms with E-state index in [1.165, 1.54) is 6.21 Å². The lowest BCUT2D eigenvalue weighted by Crippen LogP contribution is -2.17. The van der Waals surface area contributed by atoms with Gasteiger partial charge in [-0.15, -0.1) is 0 Å². The average molecular weight is 254 g/mol. The Morgan fingerprint density at radius 1 is 1.21 bits per heavy atom. The highest BCUT2D eigenvalue weighted by atomic mass is 16.3. The molecule has 0 aliphatic carbocycles. The molecule has 0 saturated heterocycles. The summed E-state index contributed by atoms with van der Waals surface area (Å²) in [4.78, 5) is 11.8. The van der Waals surface area contributed by atoms with Crippen LogP contribution in [0.2, 0.25) is 0 Å². The van der Waals surface area contributed by atoms with Gasteiger partial charge in [0.15, 0.2) is 0 Å². The molecule has 0 aliphatic rings. The molecule has 2 aromatic carbocycles. The number of hydrazone groups is 1. The van der Waals surface area contributed by atoms with Gasteiger partial charge in [-0.2, -0.15) is 5.10 Å². The first-order chi connectivity index (χ1) is 9.15. The van der Waals surface area contributed by atoms with E-state index in [2.05, 4.69) is 10.5 Å². The van der Waals surface area contributed by atoms with Crippen LogP contribution >= 0.6 is 0 Å². The first-order valence-corrected chi connectivity index (χ1v) is 5.84. The lowest BCUT2D eigenvalue weighted by Gasteiger charge is -2.00. The summed E-state index contributed by atoms with van der Waals surface area (Å²) in [6, 6.07) is 13.9. The molecule has 19 heavy (non-hydrogen) atoms. The molecule has 4 heteroatoms. The van der Waals surface area contributed by atoms with E-state index in [1.54, 1.807) is 36.4 Å². The molecule has 2 N–H and O–H groups in total. The molecule has 0 fully saturated rings. The van der Waals surface area contributed by atoms with Crippen molar-refractivity contribution in [3.63, 3.8) is 0 Å². The maximum Gasteiger partial charge on any atom is 0.271 e. The SMILES string of the molecule is Cc1cccc(C(=O)N/N=C\c2cccc(O)c2)c1. The van der Waals surface area contributed by atoms with Gasteiger partial charge in [0.2, 0.25) is 0 Å². The zero-order valence-corrected chi connectivity index (χ0v) is 10.5. The van der Waals surface area contributed by atoms with Crippen LogP contribution in [0.3, 0.4) is 0 Å². The van der Waals surface area contributed by atoms with E-state index in [-0.39, 0.29) is 11.7 Å². The van der Waals surface area contributed by atoms with Gasteiger partial charge in [0.25, 0.3) is 5.91 Å². The highest BCUT2D eigenvalue weighted by molar-refractivity contribution is 5.95. The third-order valence-electron chi connectivity index (χ3n) is 2.53. The van der Waals surface area contributed by atoms with Crippen molar-refractivity contribution >= 4 is 12.1 Å². The molecular formula is C15H14N2O2. The summed E-state index contributed by atoms with van der Waals surface area (Å²) < 4.78 is 0. The first-order valence-electron chi connectivity index (χ1n) is 5.84. The first kappa shape index (κ1) is 12.8. The van der Waals surface area contributed by atoms with Crippen LogP contribution in [-0.4, -0.2) is 17.2 Å². The van der Waals surface area contributed by atoms with Gasteiger partial charge >= 0.3 is 0 Å². The number of benzene rings is 2. The molecule has 96 valence electrons. The maximum absolute atomic E-state index is 11.8. The molecule has 1 amide bonds. The number of nitrogens with zero attached hydrogens (tertiary/aromatic N) is 1. The minimum atomic E-state index is -0.264. The fourth-order valence-corrected chi connectivity index (χ4v) is 1.62. The molecule has 2 aromatic rings. The number of carbonyl (C=O) groups excluding carboxylic acids is 1. The van der Waals surface area contributed by atoms with Crippen molar-refractivity contribution in [2.24, 2.45) is 5.10 Å². The Morgan fingerprint density at radius 3 is 2.74 bits per heavy atom. The van der Waals surface area contributed by atoms with Crippen molar-refractivity contribution in [1.29, 1.82) is 0 Å². The van der Waals surface area contributed by atoms with Crippen molar-refractivity contribution in [2.45, 2.75) is 6.92 Å². The molecule has 0 bridgehead atoms. The number of hydrogen-bond acceptors (Lipinski definition) is 3. The van der Waals surface area contributed by atoms with Crippen molar-refractivity contribution in [2.75, 3.05) is 0 Å². The number of phenols is 1. The minimum absolute atomic E-state index is 0.161. The lowest BCUT2D eigenvalue weighted by atomic mass is 10.1. The highest BCUT2D eigenvalue weighted by Crippen LogP contribution is 2.08. The molecule has 0 atom stereocenters. The van der Waals surface area contributed by atoms with E-state index >= 15 is 0 Å². The molecule has 0 unspecified atom stereocenters. The molecule has 0 spiro atoms. The Labute approximate surface area is 111 Å². The van der Waals surface area contributed by atoms with Crippen LogP contribution in [0.25, 0.3) is 0 Å². The Balaban J connectivity index is 2.01. The van der Waals surface area contributed by atoms with Crippen molar-refractivity contribution in [3.8, 4) is 5.75 Å². The van der Waals surface area contributed by atoms with Crippen LogP contribution in [0.1, 0.15) is 21.5 Å². The number of aryl methyl sites for hydroxylation is 1. The highest BCUT2D eigenvalue weighted by Gasteiger charge is 2.03. The van der Waals surface area contributed by atoms with Gasteiger partial charge in [0, 0.05) is 5.56 Å². The Morgan fingerprint density at radius 2 is 2.00 bits per heavy atom. The van der Waals surface area contributed by atoms with E-state index < -0.39 is 0 Å². The number of rotatable bonds is 3.